The van der Waals surface area contributed by atoms with Crippen molar-refractivity contribution in [3.05, 3.63) is 65.7 Å². The molecule has 2 saturated carbocycles. The van der Waals surface area contributed by atoms with Gasteiger partial charge in [-0.15, -0.1) is 0 Å². The Morgan fingerprint density at radius 2 is 1.90 bits per heavy atom. The second-order valence-corrected chi connectivity index (χ2v) is 9.67. The van der Waals surface area contributed by atoms with Crippen LogP contribution < -0.4 is 5.32 Å². The molecule has 0 spiro atoms. The molecule has 0 unspecified atom stereocenters. The van der Waals surface area contributed by atoms with Crippen molar-refractivity contribution in [2.45, 2.75) is 50.0 Å². The van der Waals surface area contributed by atoms with E-state index in [0.29, 0.717) is 11.7 Å². The molecule has 2 N–H and O–H groups in total. The smallest absolute Gasteiger partial charge is 0.251 e. The number of benzene rings is 2. The molecule has 1 amide bonds. The maximum absolute atomic E-state index is 12.8. The third kappa shape index (κ3) is 3.98. The third-order valence-electron chi connectivity index (χ3n) is 7.61. The van der Waals surface area contributed by atoms with Gasteiger partial charge in [0.1, 0.15) is 5.75 Å². The summed E-state index contributed by atoms with van der Waals surface area (Å²) in [5.74, 6) is 1.87. The molecule has 5 rings (SSSR count). The van der Waals surface area contributed by atoms with Crippen LogP contribution in [0.2, 0.25) is 0 Å². The topological polar surface area (TPSA) is 52.6 Å². The number of nitrogens with one attached hydrogen (secondary N) is 1. The van der Waals surface area contributed by atoms with Gasteiger partial charge in [-0.25, -0.2) is 0 Å². The van der Waals surface area contributed by atoms with Gasteiger partial charge in [-0.05, 0) is 86.7 Å². The Hall–Kier alpha value is -2.33. The molecule has 30 heavy (non-hydrogen) atoms. The fourth-order valence-electron chi connectivity index (χ4n) is 5.85. The van der Waals surface area contributed by atoms with Gasteiger partial charge in [0.25, 0.3) is 5.91 Å². The van der Waals surface area contributed by atoms with Crippen LogP contribution in [-0.4, -0.2) is 41.6 Å². The number of carbonyl (C=O) groups excluding carboxylic acids is 1. The minimum atomic E-state index is 0.0243. The second-order valence-electron chi connectivity index (χ2n) is 9.67. The van der Waals surface area contributed by atoms with Crippen LogP contribution in [-0.2, 0) is 5.41 Å². The van der Waals surface area contributed by atoms with Gasteiger partial charge in [-0.2, -0.15) is 0 Å². The van der Waals surface area contributed by atoms with Gasteiger partial charge in [0, 0.05) is 30.1 Å². The number of amides is 1. The molecule has 0 aromatic heterocycles. The highest BCUT2D eigenvalue weighted by Gasteiger charge is 2.48. The van der Waals surface area contributed by atoms with Crippen molar-refractivity contribution in [3.8, 4) is 5.75 Å². The highest BCUT2D eigenvalue weighted by molar-refractivity contribution is 5.94. The van der Waals surface area contributed by atoms with E-state index in [-0.39, 0.29) is 17.4 Å². The zero-order chi connectivity index (χ0) is 20.6. The number of fused-ring (bicyclic) bond motifs is 1. The zero-order valence-corrected chi connectivity index (χ0v) is 17.6. The summed E-state index contributed by atoms with van der Waals surface area (Å²) < 4.78 is 0. The molecule has 4 nitrogen and oxygen atoms in total. The van der Waals surface area contributed by atoms with E-state index in [2.05, 4.69) is 16.3 Å². The lowest BCUT2D eigenvalue weighted by molar-refractivity contribution is 0.0403. The molecule has 1 saturated heterocycles. The van der Waals surface area contributed by atoms with E-state index in [4.69, 9.17) is 0 Å². The van der Waals surface area contributed by atoms with E-state index < -0.39 is 0 Å². The van der Waals surface area contributed by atoms with Gasteiger partial charge in [0.2, 0.25) is 0 Å². The molecule has 0 bridgehead atoms. The standard InChI is InChI=1S/C26H32N2O2/c29-24-8-4-7-21(15-24)26-13-14-28(17-19-9-10-19)18-22(26)11-12-23(16-26)27-25(30)20-5-2-1-3-6-20/h1-8,15,19,22-23,29H,9-14,16-18H2,(H,27,30)/t22-,23-,26+/m1/s1. The van der Waals surface area contributed by atoms with Crippen molar-refractivity contribution in [2.75, 3.05) is 19.6 Å². The normalized spacial score (nSPS) is 29.2. The van der Waals surface area contributed by atoms with Crippen LogP contribution in [0.1, 0.15) is 54.4 Å². The summed E-state index contributed by atoms with van der Waals surface area (Å²) in [5, 5.41) is 13.5. The summed E-state index contributed by atoms with van der Waals surface area (Å²) in [6, 6.07) is 17.6. The van der Waals surface area contributed by atoms with Crippen LogP contribution >= 0.6 is 0 Å². The molecule has 2 aromatic rings. The number of hydrogen-bond acceptors (Lipinski definition) is 3. The number of phenols is 1. The van der Waals surface area contributed by atoms with Gasteiger partial charge in [0.15, 0.2) is 0 Å². The maximum Gasteiger partial charge on any atom is 0.251 e. The minimum Gasteiger partial charge on any atom is -0.508 e. The Morgan fingerprint density at radius 1 is 1.07 bits per heavy atom. The van der Waals surface area contributed by atoms with E-state index in [1.807, 2.05) is 42.5 Å². The van der Waals surface area contributed by atoms with Gasteiger partial charge < -0.3 is 15.3 Å². The predicted octanol–water partition coefficient (Wildman–Crippen LogP) is 4.34. The molecule has 2 aliphatic carbocycles. The largest absolute Gasteiger partial charge is 0.508 e. The summed E-state index contributed by atoms with van der Waals surface area (Å²) in [4.78, 5) is 15.5. The van der Waals surface area contributed by atoms with Crippen molar-refractivity contribution in [2.24, 2.45) is 11.8 Å². The van der Waals surface area contributed by atoms with Crippen LogP contribution in [0.5, 0.6) is 5.75 Å². The van der Waals surface area contributed by atoms with E-state index in [1.54, 1.807) is 6.07 Å². The molecule has 1 heterocycles. The zero-order valence-electron chi connectivity index (χ0n) is 17.6. The Kier molecular flexibility index (Phi) is 5.28. The van der Waals surface area contributed by atoms with Crippen molar-refractivity contribution in [1.82, 2.24) is 10.2 Å². The molecule has 1 aliphatic heterocycles. The van der Waals surface area contributed by atoms with Gasteiger partial charge in [-0.1, -0.05) is 30.3 Å². The Labute approximate surface area is 179 Å². The quantitative estimate of drug-likeness (QED) is 0.779. The molecule has 3 atom stereocenters. The first-order valence-corrected chi connectivity index (χ1v) is 11.5. The summed E-state index contributed by atoms with van der Waals surface area (Å²) in [6.07, 6.45) is 7.00. The molecule has 158 valence electrons. The van der Waals surface area contributed by atoms with E-state index in [1.165, 1.54) is 24.9 Å². The molecular formula is C26H32N2O2. The number of hydrogen-bond donors (Lipinski definition) is 2. The number of aromatic hydroxyl groups is 1. The summed E-state index contributed by atoms with van der Waals surface area (Å²) in [5.41, 5.74) is 2.01. The summed E-state index contributed by atoms with van der Waals surface area (Å²) in [7, 11) is 0. The highest BCUT2D eigenvalue weighted by Crippen LogP contribution is 2.50. The number of piperidine rings is 1. The van der Waals surface area contributed by atoms with Crippen molar-refractivity contribution in [3.63, 3.8) is 0 Å². The molecule has 0 radical (unpaired) electrons. The lowest BCUT2D eigenvalue weighted by Crippen LogP contribution is -2.56. The Bertz CT molecular complexity index is 895. The van der Waals surface area contributed by atoms with Crippen LogP contribution in [0.4, 0.5) is 0 Å². The lowest BCUT2D eigenvalue weighted by Gasteiger charge is -2.53. The third-order valence-corrected chi connectivity index (χ3v) is 7.61. The van der Waals surface area contributed by atoms with Crippen molar-refractivity contribution < 1.29 is 9.90 Å². The van der Waals surface area contributed by atoms with E-state index in [9.17, 15) is 9.90 Å². The number of rotatable bonds is 5. The number of nitrogens with zero attached hydrogens (tertiary/aromatic N) is 1. The first kappa shape index (κ1) is 19.6. The first-order chi connectivity index (χ1) is 14.6. The van der Waals surface area contributed by atoms with E-state index >= 15 is 0 Å². The Balaban J connectivity index is 1.37. The maximum atomic E-state index is 12.8. The SMILES string of the molecule is O=C(N[C@@H]1CC[C@@H]2CN(CC3CC3)CC[C@@]2(c2cccc(O)c2)C1)c1ccccc1. The molecule has 3 aliphatic rings. The van der Waals surface area contributed by atoms with Gasteiger partial charge >= 0.3 is 0 Å². The summed E-state index contributed by atoms with van der Waals surface area (Å²) >= 11 is 0. The van der Waals surface area contributed by atoms with Crippen molar-refractivity contribution in [1.29, 1.82) is 0 Å². The molecule has 2 aromatic carbocycles. The van der Waals surface area contributed by atoms with Gasteiger partial charge in [0.05, 0.1) is 0 Å². The number of carbonyl (C=O) groups is 1. The second kappa shape index (κ2) is 8.07. The predicted molar refractivity (Wildman–Crippen MR) is 119 cm³/mol. The monoisotopic (exact) mass is 404 g/mol. The van der Waals surface area contributed by atoms with Crippen LogP contribution in [0.25, 0.3) is 0 Å². The molecular weight excluding hydrogens is 372 g/mol. The molecule has 3 fully saturated rings. The first-order valence-electron chi connectivity index (χ1n) is 11.5. The highest BCUT2D eigenvalue weighted by atomic mass is 16.3. The Morgan fingerprint density at radius 3 is 2.67 bits per heavy atom. The average molecular weight is 405 g/mol. The summed E-state index contributed by atoms with van der Waals surface area (Å²) in [6.45, 7) is 3.51. The van der Waals surface area contributed by atoms with Crippen LogP contribution in [0, 0.1) is 11.8 Å². The minimum absolute atomic E-state index is 0.0243. The fraction of sp³-hybridized carbons (Fsp3) is 0.500. The lowest BCUT2D eigenvalue weighted by atomic mass is 9.58. The van der Waals surface area contributed by atoms with Crippen LogP contribution in [0.3, 0.4) is 0 Å². The van der Waals surface area contributed by atoms with Crippen molar-refractivity contribution >= 4 is 5.91 Å². The average Bonchev–Trinajstić information content (AvgIpc) is 3.58. The fourth-order valence-corrected chi connectivity index (χ4v) is 5.85. The number of phenolic OH excluding ortho intramolecular Hbond substituents is 1. The number of likely N-dealkylation sites (tertiary alicyclic amines) is 1. The van der Waals surface area contributed by atoms with Gasteiger partial charge in [-0.3, -0.25) is 4.79 Å². The van der Waals surface area contributed by atoms with Crippen LogP contribution in [0.15, 0.2) is 54.6 Å². The molecule has 4 heteroatoms. The van der Waals surface area contributed by atoms with E-state index in [0.717, 1.165) is 50.3 Å².